The van der Waals surface area contributed by atoms with Crippen molar-refractivity contribution in [1.29, 1.82) is 0 Å². The van der Waals surface area contributed by atoms with Crippen molar-refractivity contribution < 1.29 is 9.53 Å². The molecule has 2 aromatic carbocycles. The third-order valence-corrected chi connectivity index (χ3v) is 5.35. The van der Waals surface area contributed by atoms with Gasteiger partial charge in [-0.25, -0.2) is 0 Å². The zero-order valence-corrected chi connectivity index (χ0v) is 20.3. The first-order valence-corrected chi connectivity index (χ1v) is 10.9. The standard InChI is InChI=1S/C27H39NO2/c1-10-20-17-22(30-9)15-16-23(20)21-13-11-19(12-14-21)18-27(8,28-26(5,6)7)24(29)25(2,3)4/h11-17,28H,10,18H2,1-9H3. The van der Waals surface area contributed by atoms with E-state index in [9.17, 15) is 4.79 Å². The summed E-state index contributed by atoms with van der Waals surface area (Å²) in [4.78, 5) is 13.3. The fourth-order valence-electron chi connectivity index (χ4n) is 4.32. The lowest BCUT2D eigenvalue weighted by Crippen LogP contribution is -2.61. The maximum Gasteiger partial charge on any atom is 0.158 e. The van der Waals surface area contributed by atoms with Crippen LogP contribution in [0.5, 0.6) is 5.75 Å². The number of ketones is 1. The fraction of sp³-hybridized carbons (Fsp3) is 0.519. The molecule has 2 aromatic rings. The van der Waals surface area contributed by atoms with Gasteiger partial charge in [0.1, 0.15) is 5.75 Å². The minimum atomic E-state index is -0.632. The molecule has 0 aliphatic rings. The van der Waals surface area contributed by atoms with Gasteiger partial charge < -0.3 is 10.1 Å². The Morgan fingerprint density at radius 1 is 0.933 bits per heavy atom. The molecular formula is C27H39NO2. The summed E-state index contributed by atoms with van der Waals surface area (Å²) in [5.74, 6) is 1.12. The first-order chi connectivity index (χ1) is 13.8. The van der Waals surface area contributed by atoms with Gasteiger partial charge in [0.05, 0.1) is 12.6 Å². The van der Waals surface area contributed by atoms with Gasteiger partial charge in [-0.1, -0.05) is 58.0 Å². The van der Waals surface area contributed by atoms with Crippen LogP contribution < -0.4 is 10.1 Å². The van der Waals surface area contributed by atoms with Crippen molar-refractivity contribution in [2.75, 3.05) is 7.11 Å². The molecule has 0 heterocycles. The number of rotatable bonds is 7. The van der Waals surface area contributed by atoms with E-state index in [1.807, 2.05) is 33.8 Å². The average Bonchev–Trinajstić information content (AvgIpc) is 2.65. The van der Waals surface area contributed by atoms with Gasteiger partial charge in [0.15, 0.2) is 5.78 Å². The van der Waals surface area contributed by atoms with Crippen LogP contribution in [0, 0.1) is 5.41 Å². The zero-order valence-electron chi connectivity index (χ0n) is 20.3. The molecule has 164 valence electrons. The van der Waals surface area contributed by atoms with Gasteiger partial charge in [0.2, 0.25) is 0 Å². The molecule has 0 amide bonds. The monoisotopic (exact) mass is 409 g/mol. The summed E-state index contributed by atoms with van der Waals surface area (Å²) in [5.41, 5.74) is 3.64. The van der Waals surface area contributed by atoms with Gasteiger partial charge in [-0.05, 0) is 74.9 Å². The number of ether oxygens (including phenoxy) is 1. The summed E-state index contributed by atoms with van der Waals surface area (Å²) in [6, 6.07) is 14.9. The molecule has 0 saturated carbocycles. The number of Topliss-reactive ketones (excluding diaryl/α,β-unsaturated/α-hetero) is 1. The topological polar surface area (TPSA) is 38.3 Å². The van der Waals surface area contributed by atoms with E-state index in [2.05, 4.69) is 69.4 Å². The number of aryl methyl sites for hydroxylation is 1. The quantitative estimate of drug-likeness (QED) is 0.589. The van der Waals surface area contributed by atoms with Gasteiger partial charge >= 0.3 is 0 Å². The molecule has 0 saturated heterocycles. The van der Waals surface area contributed by atoms with Crippen molar-refractivity contribution in [3.63, 3.8) is 0 Å². The maximum absolute atomic E-state index is 13.3. The number of hydrogen-bond acceptors (Lipinski definition) is 3. The zero-order chi connectivity index (χ0) is 22.7. The van der Waals surface area contributed by atoms with Crippen molar-refractivity contribution in [2.45, 2.75) is 79.3 Å². The lowest BCUT2D eigenvalue weighted by Gasteiger charge is -2.40. The lowest BCUT2D eigenvalue weighted by molar-refractivity contribution is -0.133. The molecule has 30 heavy (non-hydrogen) atoms. The molecule has 3 nitrogen and oxygen atoms in total. The minimum Gasteiger partial charge on any atom is -0.497 e. The summed E-state index contributed by atoms with van der Waals surface area (Å²) in [5, 5.41) is 3.60. The number of benzene rings is 2. The van der Waals surface area contributed by atoms with Crippen LogP contribution in [0.1, 0.15) is 66.5 Å². The Hall–Kier alpha value is -2.13. The number of carbonyl (C=O) groups is 1. The normalized spacial score (nSPS) is 14.3. The van der Waals surface area contributed by atoms with Crippen LogP contribution in [0.15, 0.2) is 42.5 Å². The van der Waals surface area contributed by atoms with Crippen LogP contribution in [0.25, 0.3) is 11.1 Å². The largest absolute Gasteiger partial charge is 0.497 e. The Labute approximate surface area is 183 Å². The van der Waals surface area contributed by atoms with E-state index in [1.54, 1.807) is 7.11 Å². The first kappa shape index (κ1) is 24.1. The van der Waals surface area contributed by atoms with Crippen molar-refractivity contribution in [3.8, 4) is 16.9 Å². The molecule has 1 unspecified atom stereocenters. The van der Waals surface area contributed by atoms with Crippen LogP contribution in [-0.4, -0.2) is 24.0 Å². The second-order valence-corrected chi connectivity index (χ2v) is 10.5. The Balaban J connectivity index is 2.35. The second kappa shape index (κ2) is 8.93. The summed E-state index contributed by atoms with van der Waals surface area (Å²) >= 11 is 0. The highest BCUT2D eigenvalue weighted by molar-refractivity contribution is 5.92. The molecule has 0 aromatic heterocycles. The van der Waals surface area contributed by atoms with Gasteiger partial charge in [-0.2, -0.15) is 0 Å². The Morgan fingerprint density at radius 3 is 2.00 bits per heavy atom. The molecule has 0 aliphatic heterocycles. The molecule has 0 radical (unpaired) electrons. The van der Waals surface area contributed by atoms with E-state index in [0.717, 1.165) is 17.7 Å². The molecule has 0 spiro atoms. The summed E-state index contributed by atoms with van der Waals surface area (Å²) in [6.45, 7) is 16.5. The van der Waals surface area contributed by atoms with Crippen LogP contribution in [0.2, 0.25) is 0 Å². The predicted octanol–water partition coefficient (Wildman–Crippen LogP) is 6.23. The van der Waals surface area contributed by atoms with Crippen LogP contribution in [-0.2, 0) is 17.6 Å². The smallest absolute Gasteiger partial charge is 0.158 e. The Morgan fingerprint density at radius 2 is 1.53 bits per heavy atom. The maximum atomic E-state index is 13.3. The fourth-order valence-corrected chi connectivity index (χ4v) is 4.32. The number of carbonyl (C=O) groups excluding carboxylic acids is 1. The van der Waals surface area contributed by atoms with Crippen LogP contribution >= 0.6 is 0 Å². The highest BCUT2D eigenvalue weighted by Gasteiger charge is 2.41. The minimum absolute atomic E-state index is 0.158. The third kappa shape index (κ3) is 5.95. The average molecular weight is 410 g/mol. The highest BCUT2D eigenvalue weighted by atomic mass is 16.5. The van der Waals surface area contributed by atoms with E-state index in [4.69, 9.17) is 4.74 Å². The molecule has 1 N–H and O–H groups in total. The second-order valence-electron chi connectivity index (χ2n) is 10.5. The van der Waals surface area contributed by atoms with Gasteiger partial charge in [0, 0.05) is 11.0 Å². The Kier molecular flexibility index (Phi) is 7.19. The molecule has 0 fully saturated rings. The molecular weight excluding hydrogens is 370 g/mol. The van der Waals surface area contributed by atoms with E-state index in [-0.39, 0.29) is 11.3 Å². The summed E-state index contributed by atoms with van der Waals surface area (Å²) in [7, 11) is 1.70. The molecule has 0 aliphatic carbocycles. The van der Waals surface area contributed by atoms with Crippen molar-refractivity contribution in [2.24, 2.45) is 5.41 Å². The van der Waals surface area contributed by atoms with Crippen molar-refractivity contribution in [3.05, 3.63) is 53.6 Å². The summed E-state index contributed by atoms with van der Waals surface area (Å²) in [6.07, 6.45) is 1.60. The Bertz CT molecular complexity index is 869. The van der Waals surface area contributed by atoms with Crippen molar-refractivity contribution >= 4 is 5.78 Å². The summed E-state index contributed by atoms with van der Waals surface area (Å²) < 4.78 is 5.37. The number of hydrogen-bond donors (Lipinski definition) is 1. The molecule has 1 atom stereocenters. The lowest BCUT2D eigenvalue weighted by atomic mass is 9.75. The number of nitrogens with one attached hydrogen (secondary N) is 1. The van der Waals surface area contributed by atoms with E-state index < -0.39 is 11.0 Å². The molecule has 3 heteroatoms. The molecule has 2 rings (SSSR count). The van der Waals surface area contributed by atoms with Crippen LogP contribution in [0.4, 0.5) is 0 Å². The SMILES string of the molecule is CCc1cc(OC)ccc1-c1ccc(CC(C)(NC(C)(C)C)C(=O)C(C)(C)C)cc1. The van der Waals surface area contributed by atoms with E-state index >= 15 is 0 Å². The first-order valence-electron chi connectivity index (χ1n) is 10.9. The highest BCUT2D eigenvalue weighted by Crippen LogP contribution is 2.31. The van der Waals surface area contributed by atoms with Crippen LogP contribution in [0.3, 0.4) is 0 Å². The van der Waals surface area contributed by atoms with Gasteiger partial charge in [-0.15, -0.1) is 0 Å². The third-order valence-electron chi connectivity index (χ3n) is 5.35. The van der Waals surface area contributed by atoms with E-state index in [0.29, 0.717) is 6.42 Å². The van der Waals surface area contributed by atoms with Crippen molar-refractivity contribution in [1.82, 2.24) is 5.32 Å². The number of methoxy groups -OCH3 is 1. The van der Waals surface area contributed by atoms with E-state index in [1.165, 1.54) is 16.7 Å². The predicted molar refractivity (Wildman–Crippen MR) is 127 cm³/mol. The van der Waals surface area contributed by atoms with Gasteiger partial charge in [-0.3, -0.25) is 4.79 Å². The van der Waals surface area contributed by atoms with Gasteiger partial charge in [0.25, 0.3) is 0 Å². The molecule has 0 bridgehead atoms.